The molecule has 0 radical (unpaired) electrons. The van der Waals surface area contributed by atoms with Crippen LogP contribution in [0.4, 0.5) is 0 Å². The highest BCUT2D eigenvalue weighted by Crippen LogP contribution is 2.40. The molecule has 0 spiro atoms. The molecule has 4 heteroatoms. The molecule has 1 saturated heterocycles. The lowest BCUT2D eigenvalue weighted by Crippen LogP contribution is -2.52. The highest BCUT2D eigenvalue weighted by molar-refractivity contribution is 5.42. The van der Waals surface area contributed by atoms with Crippen molar-refractivity contribution in [3.05, 3.63) is 23.8 Å². The van der Waals surface area contributed by atoms with Crippen molar-refractivity contribution >= 4 is 0 Å². The first-order chi connectivity index (χ1) is 10.6. The fourth-order valence-electron chi connectivity index (χ4n) is 4.02. The summed E-state index contributed by atoms with van der Waals surface area (Å²) >= 11 is 0. The topological polar surface area (TPSA) is 41.9 Å². The monoisotopic (exact) mass is 305 g/mol. The van der Waals surface area contributed by atoms with Crippen LogP contribution >= 0.6 is 0 Å². The molecule has 4 nitrogen and oxygen atoms in total. The van der Waals surface area contributed by atoms with Gasteiger partial charge in [-0.3, -0.25) is 4.90 Å². The van der Waals surface area contributed by atoms with E-state index >= 15 is 0 Å². The van der Waals surface area contributed by atoms with Gasteiger partial charge in [0.1, 0.15) is 0 Å². The lowest BCUT2D eigenvalue weighted by atomic mass is 9.71. The Balaban J connectivity index is 1.66. The summed E-state index contributed by atoms with van der Waals surface area (Å²) in [7, 11) is 3.33. The zero-order valence-electron chi connectivity index (χ0n) is 13.7. The summed E-state index contributed by atoms with van der Waals surface area (Å²) in [6.45, 7) is 2.89. The first-order valence-electron chi connectivity index (χ1n) is 8.30. The molecule has 0 amide bonds. The van der Waals surface area contributed by atoms with Crippen LogP contribution in [0.15, 0.2) is 18.2 Å². The first kappa shape index (κ1) is 15.6. The van der Waals surface area contributed by atoms with E-state index < -0.39 is 5.60 Å². The van der Waals surface area contributed by atoms with Crippen LogP contribution in [0.25, 0.3) is 0 Å². The number of methoxy groups -OCH3 is 2. The van der Waals surface area contributed by atoms with Gasteiger partial charge >= 0.3 is 0 Å². The summed E-state index contributed by atoms with van der Waals surface area (Å²) < 4.78 is 10.7. The Kier molecular flexibility index (Phi) is 4.59. The van der Waals surface area contributed by atoms with E-state index in [9.17, 15) is 5.11 Å². The number of likely N-dealkylation sites (tertiary alicyclic amines) is 1. The fourth-order valence-corrected chi connectivity index (χ4v) is 4.02. The number of hydrogen-bond donors (Lipinski definition) is 1. The van der Waals surface area contributed by atoms with Crippen LogP contribution in [-0.2, 0) is 6.54 Å². The number of hydrogen-bond acceptors (Lipinski definition) is 4. The number of fused-ring (bicyclic) bond motifs is 1. The van der Waals surface area contributed by atoms with Crippen molar-refractivity contribution in [3.8, 4) is 11.5 Å². The molecule has 1 aliphatic carbocycles. The molecular weight excluding hydrogens is 278 g/mol. The lowest BCUT2D eigenvalue weighted by molar-refractivity contribution is -0.0967. The average Bonchev–Trinajstić information content (AvgIpc) is 2.55. The molecule has 122 valence electrons. The smallest absolute Gasteiger partial charge is 0.161 e. The van der Waals surface area contributed by atoms with Gasteiger partial charge < -0.3 is 14.6 Å². The van der Waals surface area contributed by atoms with Gasteiger partial charge in [0.15, 0.2) is 11.5 Å². The van der Waals surface area contributed by atoms with Gasteiger partial charge in [-0.05, 0) is 37.0 Å². The van der Waals surface area contributed by atoms with Crippen molar-refractivity contribution in [2.45, 2.75) is 44.2 Å². The van der Waals surface area contributed by atoms with Gasteiger partial charge in [-0.25, -0.2) is 0 Å². The molecule has 2 unspecified atom stereocenters. The molecule has 3 rings (SSSR count). The third-order valence-corrected chi connectivity index (χ3v) is 5.37. The van der Waals surface area contributed by atoms with E-state index in [1.807, 2.05) is 6.07 Å². The SMILES string of the molecule is COc1ccc(CN2CCC3(O)CCCCC3C2)cc1OC. The minimum absolute atomic E-state index is 0.396. The lowest BCUT2D eigenvalue weighted by Gasteiger charge is -2.47. The van der Waals surface area contributed by atoms with Crippen LogP contribution in [0.5, 0.6) is 11.5 Å². The zero-order chi connectivity index (χ0) is 15.6. The predicted molar refractivity (Wildman–Crippen MR) is 86.3 cm³/mol. The minimum atomic E-state index is -0.396. The van der Waals surface area contributed by atoms with Crippen molar-refractivity contribution < 1.29 is 14.6 Å². The quantitative estimate of drug-likeness (QED) is 0.929. The number of benzene rings is 1. The van der Waals surface area contributed by atoms with Crippen molar-refractivity contribution in [1.82, 2.24) is 4.90 Å². The number of nitrogens with zero attached hydrogens (tertiary/aromatic N) is 1. The maximum absolute atomic E-state index is 10.8. The highest BCUT2D eigenvalue weighted by Gasteiger charge is 2.42. The normalized spacial score (nSPS) is 29.0. The van der Waals surface area contributed by atoms with E-state index in [1.54, 1.807) is 14.2 Å². The maximum Gasteiger partial charge on any atom is 0.161 e. The van der Waals surface area contributed by atoms with Gasteiger partial charge in [-0.15, -0.1) is 0 Å². The predicted octanol–water partition coefficient (Wildman–Crippen LogP) is 2.83. The molecule has 2 fully saturated rings. The molecule has 1 aromatic carbocycles. The number of ether oxygens (including phenoxy) is 2. The Morgan fingerprint density at radius 3 is 2.77 bits per heavy atom. The van der Waals surface area contributed by atoms with Crippen LogP contribution in [0.1, 0.15) is 37.7 Å². The summed E-state index contributed by atoms with van der Waals surface area (Å²) in [6, 6.07) is 6.12. The fraction of sp³-hybridized carbons (Fsp3) is 0.667. The summed E-state index contributed by atoms with van der Waals surface area (Å²) in [6.07, 6.45) is 5.51. The third kappa shape index (κ3) is 3.08. The Labute approximate surface area is 133 Å². The molecule has 1 saturated carbocycles. The molecule has 2 atom stereocenters. The van der Waals surface area contributed by atoms with E-state index in [0.717, 1.165) is 44.0 Å². The van der Waals surface area contributed by atoms with Crippen LogP contribution < -0.4 is 9.47 Å². The van der Waals surface area contributed by atoms with Gasteiger partial charge in [-0.1, -0.05) is 18.9 Å². The third-order valence-electron chi connectivity index (χ3n) is 5.37. The standard InChI is InChI=1S/C18H27NO3/c1-21-16-7-6-14(11-17(16)22-2)12-19-10-9-18(20)8-4-3-5-15(18)13-19/h6-7,11,15,20H,3-5,8-10,12-13H2,1-2H3. The number of rotatable bonds is 4. The van der Waals surface area contributed by atoms with Gasteiger partial charge in [0.05, 0.1) is 19.8 Å². The summed E-state index contributed by atoms with van der Waals surface area (Å²) in [5.74, 6) is 1.99. The summed E-state index contributed by atoms with van der Waals surface area (Å²) in [4.78, 5) is 2.46. The number of aliphatic hydroxyl groups is 1. The maximum atomic E-state index is 10.8. The van der Waals surface area contributed by atoms with Crippen LogP contribution in [0, 0.1) is 5.92 Å². The molecule has 22 heavy (non-hydrogen) atoms. The van der Waals surface area contributed by atoms with E-state index in [1.165, 1.54) is 24.8 Å². The Morgan fingerprint density at radius 1 is 1.18 bits per heavy atom. The van der Waals surface area contributed by atoms with Crippen LogP contribution in [0.2, 0.25) is 0 Å². The van der Waals surface area contributed by atoms with Gasteiger partial charge in [-0.2, -0.15) is 0 Å². The van der Waals surface area contributed by atoms with E-state index in [0.29, 0.717) is 5.92 Å². The minimum Gasteiger partial charge on any atom is -0.493 e. The van der Waals surface area contributed by atoms with E-state index in [4.69, 9.17) is 9.47 Å². The van der Waals surface area contributed by atoms with Gasteiger partial charge in [0.25, 0.3) is 0 Å². The summed E-state index contributed by atoms with van der Waals surface area (Å²) in [5, 5.41) is 10.8. The molecule has 0 bridgehead atoms. The Morgan fingerprint density at radius 2 is 2.00 bits per heavy atom. The van der Waals surface area contributed by atoms with Crippen molar-refractivity contribution in [2.24, 2.45) is 5.92 Å². The molecule has 1 aliphatic heterocycles. The van der Waals surface area contributed by atoms with Gasteiger partial charge in [0, 0.05) is 25.6 Å². The second-order valence-electron chi connectivity index (χ2n) is 6.72. The molecule has 2 aliphatic rings. The summed E-state index contributed by atoms with van der Waals surface area (Å²) in [5.41, 5.74) is 0.839. The highest BCUT2D eigenvalue weighted by atomic mass is 16.5. The number of piperidine rings is 1. The first-order valence-corrected chi connectivity index (χ1v) is 8.30. The van der Waals surface area contributed by atoms with Gasteiger partial charge in [0.2, 0.25) is 0 Å². The second kappa shape index (κ2) is 6.47. The average molecular weight is 305 g/mol. The largest absolute Gasteiger partial charge is 0.493 e. The van der Waals surface area contributed by atoms with Crippen molar-refractivity contribution in [2.75, 3.05) is 27.3 Å². The Hall–Kier alpha value is -1.26. The molecule has 1 aromatic rings. The molecule has 1 heterocycles. The van der Waals surface area contributed by atoms with Crippen molar-refractivity contribution in [1.29, 1.82) is 0 Å². The molecule has 0 aromatic heterocycles. The Bertz CT molecular complexity index is 519. The van der Waals surface area contributed by atoms with E-state index in [-0.39, 0.29) is 0 Å². The zero-order valence-corrected chi connectivity index (χ0v) is 13.7. The van der Waals surface area contributed by atoms with Crippen molar-refractivity contribution in [3.63, 3.8) is 0 Å². The molecule has 1 N–H and O–H groups in total. The van der Waals surface area contributed by atoms with E-state index in [2.05, 4.69) is 17.0 Å². The van der Waals surface area contributed by atoms with Crippen LogP contribution in [-0.4, -0.2) is 42.9 Å². The van der Waals surface area contributed by atoms with Crippen LogP contribution in [0.3, 0.4) is 0 Å². The second-order valence-corrected chi connectivity index (χ2v) is 6.72. The molecular formula is C18H27NO3.